The minimum absolute atomic E-state index is 0.00474. The predicted molar refractivity (Wildman–Crippen MR) is 142 cm³/mol. The Morgan fingerprint density at radius 2 is 1.45 bits per heavy atom. The second-order valence-corrected chi connectivity index (χ2v) is 15.3. The molecule has 0 aromatic carbocycles. The Hall–Kier alpha value is -0.0400. The molecule has 4 aliphatic carbocycles. The number of rotatable bonds is 6. The van der Waals surface area contributed by atoms with Crippen LogP contribution in [0.4, 0.5) is 0 Å². The minimum atomic E-state index is 0.00474. The van der Waals surface area contributed by atoms with Gasteiger partial charge in [-0.15, -0.1) is 0 Å². The summed E-state index contributed by atoms with van der Waals surface area (Å²) in [7, 11) is 0. The number of hydrogen-bond donors (Lipinski definition) is 0. The molecule has 0 aromatic heterocycles. The van der Waals surface area contributed by atoms with E-state index >= 15 is 0 Å². The Morgan fingerprint density at radius 3 is 2.12 bits per heavy atom. The Labute approximate surface area is 207 Å². The van der Waals surface area contributed by atoms with Crippen LogP contribution in [-0.4, -0.2) is 11.7 Å². The molecule has 2 unspecified atom stereocenters. The average molecular weight is 459 g/mol. The van der Waals surface area contributed by atoms with Gasteiger partial charge in [0.05, 0.1) is 11.7 Å². The van der Waals surface area contributed by atoms with Crippen molar-refractivity contribution in [1.29, 1.82) is 0 Å². The molecule has 0 saturated heterocycles. The first-order valence-electron chi connectivity index (χ1n) is 15.0. The molecular weight excluding hydrogens is 400 g/mol. The van der Waals surface area contributed by atoms with Gasteiger partial charge in [-0.1, -0.05) is 54.4 Å². The molecule has 4 saturated carbocycles. The topological polar surface area (TPSA) is 9.23 Å². The maximum Gasteiger partial charge on any atom is 0.0602 e. The fraction of sp³-hybridized carbons (Fsp3) is 1.00. The molecule has 10 atom stereocenters. The van der Waals surface area contributed by atoms with Gasteiger partial charge in [0.2, 0.25) is 0 Å². The van der Waals surface area contributed by atoms with E-state index in [2.05, 4.69) is 62.3 Å². The minimum Gasteiger partial charge on any atom is -0.373 e. The van der Waals surface area contributed by atoms with Crippen molar-refractivity contribution in [3.63, 3.8) is 0 Å². The van der Waals surface area contributed by atoms with Gasteiger partial charge in [0.15, 0.2) is 0 Å². The highest BCUT2D eigenvalue weighted by Crippen LogP contribution is 2.68. The summed E-state index contributed by atoms with van der Waals surface area (Å²) in [5, 5.41) is 0. The third-order valence-electron chi connectivity index (χ3n) is 12.1. The van der Waals surface area contributed by atoms with Gasteiger partial charge in [-0.2, -0.15) is 0 Å². The van der Waals surface area contributed by atoms with E-state index < -0.39 is 0 Å². The number of fused-ring (bicyclic) bond motifs is 5. The third-order valence-corrected chi connectivity index (χ3v) is 12.1. The highest BCUT2D eigenvalue weighted by Gasteiger charge is 2.60. The summed E-state index contributed by atoms with van der Waals surface area (Å²) in [5.74, 6) is 7.50. The summed E-state index contributed by atoms with van der Waals surface area (Å²) in [6.07, 6.45) is 16.5. The van der Waals surface area contributed by atoms with Crippen LogP contribution in [0.3, 0.4) is 0 Å². The van der Waals surface area contributed by atoms with Crippen molar-refractivity contribution in [3.05, 3.63) is 0 Å². The van der Waals surface area contributed by atoms with Crippen LogP contribution in [0.15, 0.2) is 0 Å². The summed E-state index contributed by atoms with van der Waals surface area (Å²) in [5.41, 5.74) is 1.21. The quantitative estimate of drug-likeness (QED) is 0.385. The van der Waals surface area contributed by atoms with E-state index in [1.54, 1.807) is 0 Å². The molecule has 0 N–H and O–H groups in total. The smallest absolute Gasteiger partial charge is 0.0602 e. The first-order valence-corrected chi connectivity index (χ1v) is 15.0. The maximum absolute atomic E-state index is 6.49. The van der Waals surface area contributed by atoms with Gasteiger partial charge in [-0.25, -0.2) is 0 Å². The predicted octanol–water partition coefficient (Wildman–Crippen LogP) is 9.54. The lowest BCUT2D eigenvalue weighted by Crippen LogP contribution is -2.54. The molecule has 1 heteroatoms. The molecule has 1 nitrogen and oxygen atoms in total. The van der Waals surface area contributed by atoms with E-state index in [9.17, 15) is 0 Å². The molecule has 4 aliphatic rings. The normalized spacial score (nSPS) is 45.3. The summed E-state index contributed by atoms with van der Waals surface area (Å²) in [6, 6.07) is 0. The fourth-order valence-corrected chi connectivity index (χ4v) is 9.86. The second-order valence-electron chi connectivity index (χ2n) is 15.3. The molecule has 0 aromatic rings. The SMILES string of the molecule is CC(C)[C@@H](C)CC[C@@H](C)[C@H]1CC[C@H]2[C@@H]3CCC4CC(OC(C)(C)C)CC[C@]4(C)[C@H]3CC[C@]12C. The zero-order valence-electron chi connectivity index (χ0n) is 23.9. The molecule has 33 heavy (non-hydrogen) atoms. The zero-order valence-corrected chi connectivity index (χ0v) is 23.9. The van der Waals surface area contributed by atoms with Crippen molar-refractivity contribution in [2.75, 3.05) is 0 Å². The molecular formula is C32H58O. The zero-order chi connectivity index (χ0) is 24.2. The van der Waals surface area contributed by atoms with E-state index in [1.807, 2.05) is 0 Å². The van der Waals surface area contributed by atoms with E-state index in [0.717, 1.165) is 47.3 Å². The lowest BCUT2D eigenvalue weighted by Gasteiger charge is -2.61. The van der Waals surface area contributed by atoms with Crippen molar-refractivity contribution in [1.82, 2.24) is 0 Å². The van der Waals surface area contributed by atoms with Gasteiger partial charge >= 0.3 is 0 Å². The first kappa shape index (κ1) is 26.0. The van der Waals surface area contributed by atoms with E-state index in [4.69, 9.17) is 4.74 Å². The Morgan fingerprint density at radius 1 is 0.788 bits per heavy atom. The number of ether oxygens (including phenoxy) is 1. The standard InChI is InChI=1S/C32H58O/c1-21(2)22(3)10-11-23(4)27-14-15-28-26-13-12-24-20-25(33-30(5,6)7)16-18-31(24,8)29(26)17-19-32(27,28)9/h21-29H,10-20H2,1-9H3/t22-,23+,24?,25?,26-,27+,28-,29-,31-,32+/m0/s1. The molecule has 0 bridgehead atoms. The molecule has 4 rings (SSSR count). The molecule has 4 fully saturated rings. The Bertz CT molecular complexity index is 660. The van der Waals surface area contributed by atoms with Gasteiger partial charge in [0.1, 0.15) is 0 Å². The van der Waals surface area contributed by atoms with Crippen LogP contribution in [0.5, 0.6) is 0 Å². The molecule has 0 amide bonds. The van der Waals surface area contributed by atoms with Crippen LogP contribution < -0.4 is 0 Å². The largest absolute Gasteiger partial charge is 0.373 e. The molecule has 192 valence electrons. The summed E-state index contributed by atoms with van der Waals surface area (Å²) < 4.78 is 6.49. The van der Waals surface area contributed by atoms with E-state index in [-0.39, 0.29) is 5.60 Å². The summed E-state index contributed by atoms with van der Waals surface area (Å²) >= 11 is 0. The van der Waals surface area contributed by atoms with Crippen molar-refractivity contribution in [2.24, 2.45) is 58.2 Å². The fourth-order valence-electron chi connectivity index (χ4n) is 9.86. The molecule has 0 heterocycles. The first-order chi connectivity index (χ1) is 15.3. The lowest BCUT2D eigenvalue weighted by molar-refractivity contribution is -0.155. The Balaban J connectivity index is 1.42. The van der Waals surface area contributed by atoms with Crippen molar-refractivity contribution < 1.29 is 4.74 Å². The van der Waals surface area contributed by atoms with Gasteiger partial charge in [0, 0.05) is 0 Å². The van der Waals surface area contributed by atoms with E-state index in [1.165, 1.54) is 70.6 Å². The van der Waals surface area contributed by atoms with Gasteiger partial charge in [-0.3, -0.25) is 0 Å². The van der Waals surface area contributed by atoms with Crippen LogP contribution >= 0.6 is 0 Å². The summed E-state index contributed by atoms with van der Waals surface area (Å²) in [6.45, 7) is 22.1. The third kappa shape index (κ3) is 4.97. The highest BCUT2D eigenvalue weighted by molar-refractivity contribution is 5.09. The Kier molecular flexibility index (Phi) is 7.45. The van der Waals surface area contributed by atoms with Crippen LogP contribution in [0.1, 0.15) is 133 Å². The molecule has 0 radical (unpaired) electrons. The van der Waals surface area contributed by atoms with Gasteiger partial charge in [-0.05, 0) is 137 Å². The van der Waals surface area contributed by atoms with Crippen LogP contribution in [0.2, 0.25) is 0 Å². The number of hydrogen-bond acceptors (Lipinski definition) is 1. The average Bonchev–Trinajstić information content (AvgIpc) is 3.08. The summed E-state index contributed by atoms with van der Waals surface area (Å²) in [4.78, 5) is 0. The van der Waals surface area contributed by atoms with E-state index in [0.29, 0.717) is 16.9 Å². The van der Waals surface area contributed by atoms with Crippen LogP contribution in [0, 0.1) is 58.2 Å². The molecule has 0 spiro atoms. The maximum atomic E-state index is 6.49. The highest BCUT2D eigenvalue weighted by atomic mass is 16.5. The monoisotopic (exact) mass is 458 g/mol. The van der Waals surface area contributed by atoms with Crippen molar-refractivity contribution in [3.8, 4) is 0 Å². The van der Waals surface area contributed by atoms with Gasteiger partial charge < -0.3 is 4.74 Å². The van der Waals surface area contributed by atoms with Crippen molar-refractivity contribution >= 4 is 0 Å². The van der Waals surface area contributed by atoms with Crippen LogP contribution in [0.25, 0.3) is 0 Å². The second kappa shape index (κ2) is 9.44. The van der Waals surface area contributed by atoms with Gasteiger partial charge in [0.25, 0.3) is 0 Å². The molecule has 0 aliphatic heterocycles. The van der Waals surface area contributed by atoms with Crippen LogP contribution in [-0.2, 0) is 4.74 Å². The van der Waals surface area contributed by atoms with Crippen molar-refractivity contribution in [2.45, 2.75) is 145 Å². The lowest BCUT2D eigenvalue weighted by atomic mass is 9.44.